The van der Waals surface area contributed by atoms with Crippen molar-refractivity contribution in [3.8, 4) is 0 Å². The van der Waals surface area contributed by atoms with Crippen LogP contribution in [0.3, 0.4) is 0 Å². The van der Waals surface area contributed by atoms with E-state index in [1.165, 1.54) is 16.5 Å². The highest BCUT2D eigenvalue weighted by Gasteiger charge is 2.03. The first-order valence-corrected chi connectivity index (χ1v) is 7.15. The Balaban J connectivity index is 1.82. The summed E-state index contributed by atoms with van der Waals surface area (Å²) in [5.74, 6) is 0. The summed E-state index contributed by atoms with van der Waals surface area (Å²) in [7, 11) is 0. The summed E-state index contributed by atoms with van der Waals surface area (Å²) >= 11 is 9.41. The predicted molar refractivity (Wildman–Crippen MR) is 84.8 cm³/mol. The van der Waals surface area contributed by atoms with Gasteiger partial charge in [0.25, 0.3) is 0 Å². The van der Waals surface area contributed by atoms with E-state index in [1.807, 2.05) is 24.4 Å². The number of halogens is 2. The summed E-state index contributed by atoms with van der Waals surface area (Å²) < 4.78 is 0.900. The van der Waals surface area contributed by atoms with Gasteiger partial charge in [0.05, 0.1) is 10.5 Å². The molecule has 19 heavy (non-hydrogen) atoms. The number of nitrogens with one attached hydrogen (secondary N) is 2. The van der Waals surface area contributed by atoms with Crippen LogP contribution in [0.2, 0.25) is 5.02 Å². The average molecular weight is 336 g/mol. The van der Waals surface area contributed by atoms with Crippen LogP contribution in [-0.4, -0.2) is 4.98 Å². The lowest BCUT2D eigenvalue weighted by Crippen LogP contribution is -2.00. The predicted octanol–water partition coefficient (Wildman–Crippen LogP) is 5.20. The SMILES string of the molecule is Clc1ccc(NCc2cccc3cc[nH]c23)cc1Br. The van der Waals surface area contributed by atoms with Crippen molar-refractivity contribution >= 4 is 44.1 Å². The maximum atomic E-state index is 5.98. The summed E-state index contributed by atoms with van der Waals surface area (Å²) in [6, 6.07) is 14.2. The number of aromatic amines is 1. The Kier molecular flexibility index (Phi) is 3.49. The highest BCUT2D eigenvalue weighted by atomic mass is 79.9. The summed E-state index contributed by atoms with van der Waals surface area (Å²) in [4.78, 5) is 3.27. The highest BCUT2D eigenvalue weighted by Crippen LogP contribution is 2.26. The topological polar surface area (TPSA) is 27.8 Å². The van der Waals surface area contributed by atoms with E-state index in [0.717, 1.165) is 21.7 Å². The van der Waals surface area contributed by atoms with E-state index in [-0.39, 0.29) is 0 Å². The largest absolute Gasteiger partial charge is 0.381 e. The van der Waals surface area contributed by atoms with Crippen LogP contribution in [0.15, 0.2) is 53.1 Å². The molecule has 0 saturated heterocycles. The van der Waals surface area contributed by atoms with E-state index in [1.54, 1.807) is 0 Å². The molecule has 0 aliphatic rings. The van der Waals surface area contributed by atoms with Crippen molar-refractivity contribution in [3.63, 3.8) is 0 Å². The minimum atomic E-state index is 0.719. The quantitative estimate of drug-likeness (QED) is 0.677. The van der Waals surface area contributed by atoms with Gasteiger partial charge in [-0.3, -0.25) is 0 Å². The van der Waals surface area contributed by atoms with Crippen molar-refractivity contribution in [2.45, 2.75) is 6.54 Å². The molecule has 0 fully saturated rings. The fourth-order valence-corrected chi connectivity index (χ4v) is 2.60. The standard InChI is InChI=1S/C15H12BrClN2/c16-13-8-12(4-5-14(13)17)19-9-11-3-1-2-10-6-7-18-15(10)11/h1-8,18-19H,9H2. The second-order valence-electron chi connectivity index (χ2n) is 4.34. The molecule has 2 nitrogen and oxygen atoms in total. The van der Waals surface area contributed by atoms with Gasteiger partial charge in [-0.2, -0.15) is 0 Å². The van der Waals surface area contributed by atoms with Crippen molar-refractivity contribution in [1.29, 1.82) is 0 Å². The van der Waals surface area contributed by atoms with Crippen LogP contribution in [0, 0.1) is 0 Å². The molecule has 0 atom stereocenters. The zero-order chi connectivity index (χ0) is 13.2. The van der Waals surface area contributed by atoms with Crippen molar-refractivity contribution in [2.75, 3.05) is 5.32 Å². The Hall–Kier alpha value is -1.45. The molecular weight excluding hydrogens is 324 g/mol. The number of anilines is 1. The number of H-pyrrole nitrogens is 1. The molecule has 3 rings (SSSR count). The van der Waals surface area contributed by atoms with Crippen LogP contribution in [0.1, 0.15) is 5.56 Å². The third-order valence-electron chi connectivity index (χ3n) is 3.08. The third-order valence-corrected chi connectivity index (χ3v) is 4.29. The molecule has 0 radical (unpaired) electrons. The van der Waals surface area contributed by atoms with Crippen LogP contribution < -0.4 is 5.32 Å². The van der Waals surface area contributed by atoms with Crippen LogP contribution >= 0.6 is 27.5 Å². The van der Waals surface area contributed by atoms with Gasteiger partial charge in [-0.1, -0.05) is 29.8 Å². The zero-order valence-electron chi connectivity index (χ0n) is 10.1. The summed E-state index contributed by atoms with van der Waals surface area (Å²) in [6.45, 7) is 0.770. The first kappa shape index (κ1) is 12.6. The molecule has 2 N–H and O–H groups in total. The van der Waals surface area contributed by atoms with E-state index in [2.05, 4.69) is 50.5 Å². The molecule has 0 unspecified atom stereocenters. The Morgan fingerprint density at radius 3 is 2.89 bits per heavy atom. The molecule has 0 amide bonds. The molecule has 3 aromatic rings. The van der Waals surface area contributed by atoms with E-state index in [9.17, 15) is 0 Å². The number of aromatic nitrogens is 1. The maximum absolute atomic E-state index is 5.98. The Labute approximate surface area is 124 Å². The second-order valence-corrected chi connectivity index (χ2v) is 5.60. The van der Waals surface area contributed by atoms with Gasteiger partial charge in [0.15, 0.2) is 0 Å². The molecule has 0 aliphatic heterocycles. The molecule has 0 saturated carbocycles. The van der Waals surface area contributed by atoms with Crippen molar-refractivity contribution in [3.05, 3.63) is 63.7 Å². The van der Waals surface area contributed by atoms with E-state index < -0.39 is 0 Å². The first-order valence-electron chi connectivity index (χ1n) is 5.98. The summed E-state index contributed by atoms with van der Waals surface area (Å²) in [5, 5.41) is 5.35. The van der Waals surface area contributed by atoms with Crippen molar-refractivity contribution < 1.29 is 0 Å². The molecule has 2 aromatic carbocycles. The van der Waals surface area contributed by atoms with Gasteiger partial charge in [0.1, 0.15) is 0 Å². The minimum Gasteiger partial charge on any atom is -0.381 e. The number of rotatable bonds is 3. The molecule has 0 aliphatic carbocycles. The van der Waals surface area contributed by atoms with E-state index in [0.29, 0.717) is 0 Å². The Bertz CT molecular complexity index is 721. The summed E-state index contributed by atoms with van der Waals surface area (Å²) in [6.07, 6.45) is 1.97. The van der Waals surface area contributed by atoms with Gasteiger partial charge < -0.3 is 10.3 Å². The van der Waals surface area contributed by atoms with Gasteiger partial charge in [0.2, 0.25) is 0 Å². The van der Waals surface area contributed by atoms with Crippen LogP contribution in [0.5, 0.6) is 0 Å². The second kappa shape index (κ2) is 5.27. The molecule has 1 aromatic heterocycles. The van der Waals surface area contributed by atoms with Crippen LogP contribution in [-0.2, 0) is 6.54 Å². The molecule has 4 heteroatoms. The monoisotopic (exact) mass is 334 g/mol. The molecule has 96 valence electrons. The first-order chi connectivity index (χ1) is 9.24. The van der Waals surface area contributed by atoms with Gasteiger partial charge in [0, 0.05) is 22.9 Å². The lowest BCUT2D eigenvalue weighted by molar-refractivity contribution is 1.16. The molecule has 0 bridgehead atoms. The van der Waals surface area contributed by atoms with Gasteiger partial charge >= 0.3 is 0 Å². The van der Waals surface area contributed by atoms with Gasteiger partial charge in [-0.05, 0) is 51.1 Å². The number of fused-ring (bicyclic) bond motifs is 1. The number of hydrogen-bond acceptors (Lipinski definition) is 1. The highest BCUT2D eigenvalue weighted by molar-refractivity contribution is 9.10. The van der Waals surface area contributed by atoms with Gasteiger partial charge in [-0.25, -0.2) is 0 Å². The molecule has 1 heterocycles. The molecule has 0 spiro atoms. The number of benzene rings is 2. The lowest BCUT2D eigenvalue weighted by atomic mass is 10.1. The fourth-order valence-electron chi connectivity index (χ4n) is 2.10. The minimum absolute atomic E-state index is 0.719. The van der Waals surface area contributed by atoms with Crippen LogP contribution in [0.25, 0.3) is 10.9 Å². The maximum Gasteiger partial charge on any atom is 0.0549 e. The zero-order valence-corrected chi connectivity index (χ0v) is 12.4. The number of hydrogen-bond donors (Lipinski definition) is 2. The average Bonchev–Trinajstić information content (AvgIpc) is 2.89. The third kappa shape index (κ3) is 2.62. The normalized spacial score (nSPS) is 10.8. The smallest absolute Gasteiger partial charge is 0.0549 e. The lowest BCUT2D eigenvalue weighted by Gasteiger charge is -2.08. The van der Waals surface area contributed by atoms with E-state index >= 15 is 0 Å². The van der Waals surface area contributed by atoms with Crippen molar-refractivity contribution in [1.82, 2.24) is 4.98 Å². The summed E-state index contributed by atoms with van der Waals surface area (Å²) in [5.41, 5.74) is 3.47. The van der Waals surface area contributed by atoms with Crippen molar-refractivity contribution in [2.24, 2.45) is 0 Å². The van der Waals surface area contributed by atoms with Crippen LogP contribution in [0.4, 0.5) is 5.69 Å². The Morgan fingerprint density at radius 2 is 2.05 bits per heavy atom. The fraction of sp³-hybridized carbons (Fsp3) is 0.0667. The van der Waals surface area contributed by atoms with E-state index in [4.69, 9.17) is 11.6 Å². The Morgan fingerprint density at radius 1 is 1.16 bits per heavy atom. The van der Waals surface area contributed by atoms with Gasteiger partial charge in [-0.15, -0.1) is 0 Å². The number of para-hydroxylation sites is 1. The molecular formula is C15H12BrClN2.